The summed E-state index contributed by atoms with van der Waals surface area (Å²) in [7, 11) is -5.28. The number of ether oxygens (including phenoxy) is 6. The van der Waals surface area contributed by atoms with Crippen LogP contribution in [0.2, 0.25) is 0 Å². The van der Waals surface area contributed by atoms with E-state index in [2.05, 4.69) is 0 Å². The Morgan fingerprint density at radius 2 is 0.618 bits per heavy atom. The van der Waals surface area contributed by atoms with Crippen LogP contribution in [0.3, 0.4) is 0 Å². The third kappa shape index (κ3) is 14.0. The summed E-state index contributed by atoms with van der Waals surface area (Å²) < 4.78 is 91.8. The number of phenolic OH excluding ortho intramolecular Hbond substituents is 2. The maximum atomic E-state index is 14.9. The normalized spacial score (nSPS) is 11.2. The number of fused-ring (bicyclic) bond motifs is 2. The van der Waals surface area contributed by atoms with Gasteiger partial charge in [0.25, 0.3) is 0 Å². The fourth-order valence-corrected chi connectivity index (χ4v) is 10.4. The predicted octanol–water partition coefficient (Wildman–Crippen LogP) is 14.8. The molecule has 0 fully saturated rings. The van der Waals surface area contributed by atoms with Crippen molar-refractivity contribution < 1.29 is 64.3 Å². The van der Waals surface area contributed by atoms with Crippen molar-refractivity contribution in [3.05, 3.63) is 296 Å². The van der Waals surface area contributed by atoms with Gasteiger partial charge in [0, 0.05) is 35.4 Å². The van der Waals surface area contributed by atoms with Crippen molar-refractivity contribution in [2.45, 2.75) is 39.6 Å². The highest BCUT2D eigenvalue weighted by Gasteiger charge is 2.28. The minimum absolute atomic E-state index is 0.0391. The number of hydrogen-bond donors (Lipinski definition) is 2. The molecule has 89 heavy (non-hydrogen) atoms. The van der Waals surface area contributed by atoms with Crippen LogP contribution >= 0.6 is 0 Å². The molecule has 2 N–H and O–H groups in total. The lowest BCUT2D eigenvalue weighted by atomic mass is 10.1. The first-order valence-electron chi connectivity index (χ1n) is 28.1. The van der Waals surface area contributed by atoms with Crippen molar-refractivity contribution >= 4 is 32.3 Å². The summed E-state index contributed by atoms with van der Waals surface area (Å²) in [5.41, 5.74) is 3.13. The summed E-state index contributed by atoms with van der Waals surface area (Å²) in [6.07, 6.45) is 0. The van der Waals surface area contributed by atoms with Gasteiger partial charge in [0.15, 0.2) is 34.5 Å². The van der Waals surface area contributed by atoms with E-state index in [-0.39, 0.29) is 119 Å². The van der Waals surface area contributed by atoms with E-state index in [0.717, 1.165) is 22.3 Å². The minimum atomic E-state index is -5.28. The third-order valence-electron chi connectivity index (χ3n) is 14.0. The molecule has 0 radical (unpaired) electrons. The number of aromatic hydroxyl groups is 2. The monoisotopic (exact) mass is 1210 g/mol. The van der Waals surface area contributed by atoms with Crippen LogP contribution in [0.5, 0.6) is 57.5 Å². The molecule has 16 nitrogen and oxygen atoms in total. The highest BCUT2D eigenvalue weighted by atomic mass is 32.3. The van der Waals surface area contributed by atoms with Gasteiger partial charge in [-0.2, -0.15) is 0 Å². The lowest BCUT2D eigenvalue weighted by Crippen LogP contribution is -2.18. The standard InChI is InChI=1S/C72H54O16S/c73-57-37-55(79-41-47-19-7-1-8-20-47)39-63-65(57)67(75)71(83-45-51-27-15-5-16-28-51)69(85-63)53-31-33-59(81-43-49-23-11-3-12-24-49)61(35-53)87-89(77,78)88-62-36-54(32-34-60(62)82-44-50-25-13-4-14-26-50)70-72(84-46-52-29-17-6-18-30-52)68(76)66-58(74)38-56(40-64(66)86-70)80-42-48-21-9-2-10-22-48/h1-40,73-74H,41-46H2. The van der Waals surface area contributed by atoms with E-state index < -0.39 is 44.3 Å². The van der Waals surface area contributed by atoms with Crippen LogP contribution < -0.4 is 47.6 Å². The van der Waals surface area contributed by atoms with Crippen LogP contribution in [0, 0.1) is 0 Å². The van der Waals surface area contributed by atoms with Gasteiger partial charge < -0.3 is 55.8 Å². The molecule has 444 valence electrons. The summed E-state index contributed by atoms with van der Waals surface area (Å²) in [5, 5.41) is 22.5. The van der Waals surface area contributed by atoms with E-state index in [1.165, 1.54) is 60.7 Å². The summed E-state index contributed by atoms with van der Waals surface area (Å²) in [5.74, 6) is -2.40. The average Bonchev–Trinajstić information content (AvgIpc) is 1.31. The number of hydrogen-bond acceptors (Lipinski definition) is 16. The second-order valence-electron chi connectivity index (χ2n) is 20.4. The lowest BCUT2D eigenvalue weighted by molar-refractivity contribution is 0.285. The Bertz CT molecular complexity index is 4390. The molecule has 0 bridgehead atoms. The van der Waals surface area contributed by atoms with Gasteiger partial charge in [0.1, 0.15) is 84.6 Å². The summed E-state index contributed by atoms with van der Waals surface area (Å²) in [6, 6.07) is 69.2. The van der Waals surface area contributed by atoms with Gasteiger partial charge in [0.05, 0.1) is 0 Å². The van der Waals surface area contributed by atoms with Crippen molar-refractivity contribution in [3.8, 4) is 80.1 Å². The maximum Gasteiger partial charge on any atom is 0.501 e. The zero-order valence-corrected chi connectivity index (χ0v) is 48.2. The summed E-state index contributed by atoms with van der Waals surface area (Å²) >= 11 is 0. The zero-order valence-electron chi connectivity index (χ0n) is 47.4. The van der Waals surface area contributed by atoms with Crippen LogP contribution in [0.1, 0.15) is 33.4 Å². The average molecular weight is 1210 g/mol. The van der Waals surface area contributed by atoms with Gasteiger partial charge in [0.2, 0.25) is 22.4 Å². The second-order valence-corrected chi connectivity index (χ2v) is 21.5. The molecule has 0 atom stereocenters. The van der Waals surface area contributed by atoms with Crippen molar-refractivity contribution in [2.75, 3.05) is 0 Å². The molecular weight excluding hydrogens is 1150 g/mol. The van der Waals surface area contributed by atoms with Gasteiger partial charge in [-0.3, -0.25) is 9.59 Å². The highest BCUT2D eigenvalue weighted by molar-refractivity contribution is 7.82. The first kappa shape index (κ1) is 58.0. The molecule has 0 aliphatic rings. The molecule has 2 aromatic heterocycles. The Balaban J connectivity index is 0.951. The fraction of sp³-hybridized carbons (Fsp3) is 0.0833. The van der Waals surface area contributed by atoms with E-state index in [1.807, 2.05) is 158 Å². The molecule has 12 aromatic rings. The van der Waals surface area contributed by atoms with E-state index in [1.54, 1.807) is 24.3 Å². The van der Waals surface area contributed by atoms with Crippen LogP contribution in [-0.4, -0.2) is 18.6 Å². The van der Waals surface area contributed by atoms with Gasteiger partial charge in [-0.05, 0) is 69.8 Å². The molecule has 0 amide bonds. The van der Waals surface area contributed by atoms with Crippen molar-refractivity contribution in [1.82, 2.24) is 0 Å². The number of rotatable bonds is 24. The first-order chi connectivity index (χ1) is 43.5. The quantitative estimate of drug-likeness (QED) is 0.0576. The first-order valence-corrected chi connectivity index (χ1v) is 29.4. The van der Waals surface area contributed by atoms with Crippen LogP contribution in [-0.2, 0) is 50.0 Å². The molecule has 12 rings (SSSR count). The lowest BCUT2D eigenvalue weighted by Gasteiger charge is -2.18. The Hall–Kier alpha value is -11.4. The van der Waals surface area contributed by atoms with E-state index in [0.29, 0.717) is 11.1 Å². The predicted molar refractivity (Wildman–Crippen MR) is 334 cm³/mol. The van der Waals surface area contributed by atoms with Gasteiger partial charge >= 0.3 is 10.4 Å². The molecule has 17 heteroatoms. The maximum absolute atomic E-state index is 14.9. The largest absolute Gasteiger partial charge is 0.507 e. The van der Waals surface area contributed by atoms with Gasteiger partial charge in [-0.25, -0.2) is 0 Å². The van der Waals surface area contributed by atoms with Crippen molar-refractivity contribution in [3.63, 3.8) is 0 Å². The Kier molecular flexibility index (Phi) is 17.2. The molecule has 0 spiro atoms. The third-order valence-corrected chi connectivity index (χ3v) is 14.8. The molecule has 0 aliphatic carbocycles. The van der Waals surface area contributed by atoms with Crippen LogP contribution in [0.25, 0.3) is 44.6 Å². The topological polar surface area (TPSA) is 209 Å². The SMILES string of the molecule is O=c1c(OCc2ccccc2)c(-c2ccc(OCc3ccccc3)c(OS(=O)(=O)Oc3cc(-c4oc5cc(OCc6ccccc6)cc(O)c5c(=O)c4OCc4ccccc4)ccc3OCc3ccccc3)c2)oc2cc(OCc3ccccc3)cc(O)c12. The molecule has 2 heterocycles. The molecule has 0 saturated carbocycles. The zero-order chi connectivity index (χ0) is 61.1. The molecular formula is C72H54O16S. The summed E-state index contributed by atoms with van der Waals surface area (Å²) in [4.78, 5) is 29.4. The smallest absolute Gasteiger partial charge is 0.501 e. The molecule has 0 unspecified atom stereocenters. The summed E-state index contributed by atoms with van der Waals surface area (Å²) in [6.45, 7) is -0.0100. The fourth-order valence-electron chi connectivity index (χ4n) is 9.64. The van der Waals surface area contributed by atoms with Gasteiger partial charge in [-0.1, -0.05) is 182 Å². The van der Waals surface area contributed by atoms with Crippen LogP contribution in [0.4, 0.5) is 0 Å². The van der Waals surface area contributed by atoms with E-state index in [9.17, 15) is 28.2 Å². The number of benzene rings is 10. The highest BCUT2D eigenvalue weighted by Crippen LogP contribution is 2.43. The Morgan fingerprint density at radius 3 is 0.933 bits per heavy atom. The van der Waals surface area contributed by atoms with E-state index >= 15 is 0 Å². The Labute approximate surface area is 510 Å². The van der Waals surface area contributed by atoms with Crippen LogP contribution in [0.15, 0.2) is 261 Å². The number of phenols is 2. The van der Waals surface area contributed by atoms with Crippen molar-refractivity contribution in [1.29, 1.82) is 0 Å². The second kappa shape index (κ2) is 26.5. The van der Waals surface area contributed by atoms with Crippen molar-refractivity contribution in [2.24, 2.45) is 0 Å². The molecule has 10 aromatic carbocycles. The Morgan fingerprint density at radius 1 is 0.326 bits per heavy atom. The molecule has 0 aliphatic heterocycles. The molecule has 0 saturated heterocycles. The minimum Gasteiger partial charge on any atom is -0.507 e. The van der Waals surface area contributed by atoms with E-state index in [4.69, 9.17) is 45.6 Å². The van der Waals surface area contributed by atoms with Gasteiger partial charge in [-0.15, -0.1) is 8.42 Å².